The van der Waals surface area contributed by atoms with Crippen LogP contribution in [0.4, 0.5) is 0 Å². The summed E-state index contributed by atoms with van der Waals surface area (Å²) < 4.78 is 0. The Balaban J connectivity index is 1.76. The maximum Gasteiger partial charge on any atom is -0.00518 e. The Morgan fingerprint density at radius 2 is 2.07 bits per heavy atom. The van der Waals surface area contributed by atoms with E-state index in [4.69, 9.17) is 0 Å². The average Bonchev–Trinajstić information content (AvgIpc) is 2.99. The molecule has 2 rings (SSSR count). The highest BCUT2D eigenvalue weighted by Gasteiger charge is 2.36. The molecule has 1 aromatic rings. The Bertz CT molecular complexity index is 268. The molecule has 0 aromatic heterocycles. The molecule has 0 spiro atoms. The summed E-state index contributed by atoms with van der Waals surface area (Å²) in [5, 5.41) is 3.21. The Kier molecular flexibility index (Phi) is 3.20. The number of hydrogen-bond donors (Lipinski definition) is 1. The van der Waals surface area contributed by atoms with E-state index in [9.17, 15) is 0 Å². The third-order valence-corrected chi connectivity index (χ3v) is 3.15. The summed E-state index contributed by atoms with van der Waals surface area (Å²) in [5.74, 6) is 1.83. The molecule has 76 valence electrons. The molecule has 1 heteroatoms. The summed E-state index contributed by atoms with van der Waals surface area (Å²) in [6.07, 6.45) is 4.12. The predicted octanol–water partition coefficient (Wildman–Crippen LogP) is 2.79. The van der Waals surface area contributed by atoms with E-state index < -0.39 is 0 Å². The van der Waals surface area contributed by atoms with Gasteiger partial charge in [0.1, 0.15) is 0 Å². The van der Waals surface area contributed by atoms with Gasteiger partial charge in [-0.3, -0.25) is 0 Å². The highest BCUT2D eigenvalue weighted by atomic mass is 14.8. The summed E-state index contributed by atoms with van der Waals surface area (Å²) in [6, 6.07) is 10.9. The van der Waals surface area contributed by atoms with Crippen LogP contribution in [-0.4, -0.2) is 13.6 Å². The summed E-state index contributed by atoms with van der Waals surface area (Å²) in [5.41, 5.74) is 1.54. The zero-order chi connectivity index (χ0) is 9.80. The molecule has 2 unspecified atom stereocenters. The van der Waals surface area contributed by atoms with Gasteiger partial charge in [-0.05, 0) is 50.3 Å². The maximum absolute atomic E-state index is 3.21. The van der Waals surface area contributed by atoms with Crippen molar-refractivity contribution in [1.29, 1.82) is 0 Å². The van der Waals surface area contributed by atoms with E-state index in [2.05, 4.69) is 35.6 Å². The van der Waals surface area contributed by atoms with Crippen LogP contribution in [0.3, 0.4) is 0 Å². The van der Waals surface area contributed by atoms with Gasteiger partial charge >= 0.3 is 0 Å². The quantitative estimate of drug-likeness (QED) is 0.702. The molecular weight excluding hydrogens is 170 g/mol. The standard InChI is InChI=1S/C13H19N/c1-14-9-5-8-12-10-13(12)11-6-3-2-4-7-11/h2-4,6-7,12-14H,5,8-10H2,1H3. The predicted molar refractivity (Wildman–Crippen MR) is 60.5 cm³/mol. The van der Waals surface area contributed by atoms with Gasteiger partial charge in [0.25, 0.3) is 0 Å². The molecule has 0 radical (unpaired) electrons. The van der Waals surface area contributed by atoms with E-state index in [1.54, 1.807) is 5.56 Å². The lowest BCUT2D eigenvalue weighted by Gasteiger charge is -2.00. The Morgan fingerprint density at radius 1 is 1.29 bits per heavy atom. The molecule has 1 aliphatic rings. The third kappa shape index (κ3) is 2.36. The van der Waals surface area contributed by atoms with Crippen molar-refractivity contribution in [3.63, 3.8) is 0 Å². The molecule has 1 N–H and O–H groups in total. The van der Waals surface area contributed by atoms with Gasteiger partial charge in [0.2, 0.25) is 0 Å². The van der Waals surface area contributed by atoms with Crippen LogP contribution in [0.5, 0.6) is 0 Å². The van der Waals surface area contributed by atoms with Crippen LogP contribution in [0.15, 0.2) is 30.3 Å². The fraction of sp³-hybridized carbons (Fsp3) is 0.538. The minimum Gasteiger partial charge on any atom is -0.320 e. The van der Waals surface area contributed by atoms with Crippen LogP contribution in [0, 0.1) is 5.92 Å². The van der Waals surface area contributed by atoms with Crippen LogP contribution < -0.4 is 5.32 Å². The van der Waals surface area contributed by atoms with Crippen molar-refractivity contribution in [3.05, 3.63) is 35.9 Å². The molecule has 0 bridgehead atoms. The lowest BCUT2D eigenvalue weighted by molar-refractivity contribution is 0.620. The Morgan fingerprint density at radius 3 is 2.79 bits per heavy atom. The minimum atomic E-state index is 0.869. The molecule has 1 aromatic carbocycles. The van der Waals surface area contributed by atoms with Gasteiger partial charge < -0.3 is 5.32 Å². The van der Waals surface area contributed by atoms with Crippen molar-refractivity contribution in [2.24, 2.45) is 5.92 Å². The first-order valence-electron chi connectivity index (χ1n) is 5.61. The maximum atomic E-state index is 3.21. The summed E-state index contributed by atoms with van der Waals surface area (Å²) in [6.45, 7) is 1.16. The topological polar surface area (TPSA) is 12.0 Å². The van der Waals surface area contributed by atoms with Crippen molar-refractivity contribution in [2.45, 2.75) is 25.2 Å². The first kappa shape index (κ1) is 9.72. The molecule has 0 amide bonds. The van der Waals surface area contributed by atoms with Crippen molar-refractivity contribution in [1.82, 2.24) is 5.32 Å². The van der Waals surface area contributed by atoms with Crippen LogP contribution >= 0.6 is 0 Å². The average molecular weight is 189 g/mol. The van der Waals surface area contributed by atoms with E-state index in [1.807, 2.05) is 7.05 Å². The van der Waals surface area contributed by atoms with Gasteiger partial charge in [-0.25, -0.2) is 0 Å². The molecular formula is C13H19N. The number of nitrogens with one attached hydrogen (secondary N) is 1. The van der Waals surface area contributed by atoms with Crippen LogP contribution in [0.2, 0.25) is 0 Å². The SMILES string of the molecule is CNCCCC1CC1c1ccccc1. The zero-order valence-corrected chi connectivity index (χ0v) is 8.87. The first-order chi connectivity index (χ1) is 6.92. The largest absolute Gasteiger partial charge is 0.320 e. The molecule has 0 saturated heterocycles. The van der Waals surface area contributed by atoms with E-state index in [0.29, 0.717) is 0 Å². The van der Waals surface area contributed by atoms with Gasteiger partial charge in [0.05, 0.1) is 0 Å². The molecule has 14 heavy (non-hydrogen) atoms. The molecule has 0 heterocycles. The summed E-state index contributed by atoms with van der Waals surface area (Å²) in [7, 11) is 2.03. The van der Waals surface area contributed by atoms with E-state index in [0.717, 1.165) is 18.4 Å². The molecule has 1 nitrogen and oxygen atoms in total. The third-order valence-electron chi connectivity index (χ3n) is 3.15. The van der Waals surface area contributed by atoms with E-state index in [1.165, 1.54) is 19.3 Å². The molecule has 1 fully saturated rings. The van der Waals surface area contributed by atoms with E-state index in [-0.39, 0.29) is 0 Å². The molecule has 0 aliphatic heterocycles. The fourth-order valence-electron chi connectivity index (χ4n) is 2.22. The second kappa shape index (κ2) is 4.61. The highest BCUT2D eigenvalue weighted by Crippen LogP contribution is 2.49. The molecule has 1 saturated carbocycles. The van der Waals surface area contributed by atoms with Gasteiger partial charge in [0.15, 0.2) is 0 Å². The smallest absolute Gasteiger partial charge is 0.00518 e. The van der Waals surface area contributed by atoms with Crippen molar-refractivity contribution in [3.8, 4) is 0 Å². The van der Waals surface area contributed by atoms with Crippen LogP contribution in [0.25, 0.3) is 0 Å². The second-order valence-electron chi connectivity index (χ2n) is 4.26. The lowest BCUT2D eigenvalue weighted by Crippen LogP contribution is -2.07. The van der Waals surface area contributed by atoms with Crippen molar-refractivity contribution in [2.75, 3.05) is 13.6 Å². The normalized spacial score (nSPS) is 24.9. The van der Waals surface area contributed by atoms with Gasteiger partial charge in [-0.1, -0.05) is 30.3 Å². The van der Waals surface area contributed by atoms with Crippen LogP contribution in [0.1, 0.15) is 30.7 Å². The number of benzene rings is 1. The molecule has 1 aliphatic carbocycles. The second-order valence-corrected chi connectivity index (χ2v) is 4.26. The van der Waals surface area contributed by atoms with Crippen molar-refractivity contribution < 1.29 is 0 Å². The minimum absolute atomic E-state index is 0.869. The van der Waals surface area contributed by atoms with Gasteiger partial charge in [-0.2, -0.15) is 0 Å². The number of rotatable bonds is 5. The number of hydrogen-bond acceptors (Lipinski definition) is 1. The lowest BCUT2D eigenvalue weighted by atomic mass is 10.1. The van der Waals surface area contributed by atoms with E-state index >= 15 is 0 Å². The van der Waals surface area contributed by atoms with Crippen molar-refractivity contribution >= 4 is 0 Å². The first-order valence-corrected chi connectivity index (χ1v) is 5.61. The van der Waals surface area contributed by atoms with Crippen LogP contribution in [-0.2, 0) is 0 Å². The molecule has 2 atom stereocenters. The summed E-state index contributed by atoms with van der Waals surface area (Å²) >= 11 is 0. The highest BCUT2D eigenvalue weighted by molar-refractivity contribution is 5.25. The van der Waals surface area contributed by atoms with Gasteiger partial charge in [0, 0.05) is 0 Å². The zero-order valence-electron chi connectivity index (χ0n) is 8.87. The monoisotopic (exact) mass is 189 g/mol. The Labute approximate surface area is 86.5 Å². The fourth-order valence-corrected chi connectivity index (χ4v) is 2.22. The summed E-state index contributed by atoms with van der Waals surface area (Å²) in [4.78, 5) is 0. The van der Waals surface area contributed by atoms with Gasteiger partial charge in [-0.15, -0.1) is 0 Å². The Hall–Kier alpha value is -0.820.